The van der Waals surface area contributed by atoms with Gasteiger partial charge in [0.15, 0.2) is 0 Å². The number of hydrogen-bond acceptors (Lipinski definition) is 2. The number of anilines is 1. The second-order valence-corrected chi connectivity index (χ2v) is 3.91. The molecule has 0 heterocycles. The Balaban J connectivity index is 2.09. The highest BCUT2D eigenvalue weighted by molar-refractivity contribution is 5.86. The molecule has 1 N–H and O–H groups in total. The van der Waals surface area contributed by atoms with Gasteiger partial charge in [-0.15, -0.1) is 0 Å². The molecule has 98 valence electrons. The van der Waals surface area contributed by atoms with Crippen molar-refractivity contribution >= 4 is 11.8 Å². The van der Waals surface area contributed by atoms with Crippen molar-refractivity contribution in [2.75, 3.05) is 5.32 Å². The number of aryl methyl sites for hydroxylation is 1. The second kappa shape index (κ2) is 5.48. The molecule has 19 heavy (non-hydrogen) atoms. The summed E-state index contributed by atoms with van der Waals surface area (Å²) in [6.07, 6.45) is -0.881. The number of ether oxygens (including phenoxy) is 1. The molecule has 0 radical (unpaired) electrons. The van der Waals surface area contributed by atoms with Crippen LogP contribution in [0.4, 0.5) is 19.3 Å². The van der Waals surface area contributed by atoms with Crippen LogP contribution in [-0.4, -0.2) is 6.09 Å². The zero-order chi connectivity index (χ0) is 13.8. The summed E-state index contributed by atoms with van der Waals surface area (Å²) in [5, 5.41) is 2.15. The monoisotopic (exact) mass is 263 g/mol. The molecule has 0 aliphatic rings. The summed E-state index contributed by atoms with van der Waals surface area (Å²) < 4.78 is 31.7. The highest BCUT2D eigenvalue weighted by atomic mass is 19.1. The molecule has 0 bridgehead atoms. The van der Waals surface area contributed by atoms with Crippen molar-refractivity contribution in [1.29, 1.82) is 0 Å². The van der Waals surface area contributed by atoms with E-state index in [-0.39, 0.29) is 11.3 Å². The van der Waals surface area contributed by atoms with Crippen LogP contribution in [0.25, 0.3) is 0 Å². The van der Waals surface area contributed by atoms with E-state index in [1.165, 1.54) is 6.92 Å². The lowest BCUT2D eigenvalue weighted by atomic mass is 10.2. The molecule has 5 heteroatoms. The molecule has 2 aromatic rings. The van der Waals surface area contributed by atoms with Gasteiger partial charge in [0.25, 0.3) is 0 Å². The molecule has 0 aliphatic carbocycles. The molecule has 0 spiro atoms. The Labute approximate surface area is 108 Å². The molecule has 0 saturated carbocycles. The summed E-state index contributed by atoms with van der Waals surface area (Å²) in [7, 11) is 0. The van der Waals surface area contributed by atoms with Crippen molar-refractivity contribution in [2.24, 2.45) is 0 Å². The number of para-hydroxylation sites is 1. The van der Waals surface area contributed by atoms with Gasteiger partial charge in [-0.3, -0.25) is 5.32 Å². The van der Waals surface area contributed by atoms with Gasteiger partial charge in [-0.25, -0.2) is 13.6 Å². The van der Waals surface area contributed by atoms with Crippen molar-refractivity contribution in [3.05, 3.63) is 59.7 Å². The van der Waals surface area contributed by atoms with Crippen LogP contribution in [0.3, 0.4) is 0 Å². The van der Waals surface area contributed by atoms with Crippen LogP contribution in [-0.2, 0) is 0 Å². The molecule has 0 unspecified atom stereocenters. The van der Waals surface area contributed by atoms with Gasteiger partial charge in [-0.05, 0) is 30.7 Å². The van der Waals surface area contributed by atoms with E-state index in [1.807, 2.05) is 0 Å². The normalized spacial score (nSPS) is 10.1. The average Bonchev–Trinajstić information content (AvgIpc) is 2.37. The van der Waals surface area contributed by atoms with Crippen molar-refractivity contribution < 1.29 is 18.3 Å². The lowest BCUT2D eigenvalue weighted by Gasteiger charge is -2.08. The highest BCUT2D eigenvalue weighted by Gasteiger charge is 2.11. The van der Waals surface area contributed by atoms with E-state index < -0.39 is 17.7 Å². The fourth-order valence-corrected chi connectivity index (χ4v) is 1.47. The van der Waals surface area contributed by atoms with Crippen LogP contribution < -0.4 is 10.1 Å². The van der Waals surface area contributed by atoms with Crippen LogP contribution >= 0.6 is 0 Å². The van der Waals surface area contributed by atoms with Crippen LogP contribution in [0, 0.1) is 18.6 Å². The third-order valence-corrected chi connectivity index (χ3v) is 2.44. The van der Waals surface area contributed by atoms with Crippen molar-refractivity contribution in [3.8, 4) is 5.75 Å². The number of carbonyl (C=O) groups is 1. The summed E-state index contributed by atoms with van der Waals surface area (Å²) in [6.45, 7) is 1.44. The van der Waals surface area contributed by atoms with Crippen LogP contribution in [0.2, 0.25) is 0 Å². The maximum atomic E-state index is 13.5. The van der Waals surface area contributed by atoms with E-state index >= 15 is 0 Å². The first-order valence-corrected chi connectivity index (χ1v) is 5.56. The van der Waals surface area contributed by atoms with Gasteiger partial charge >= 0.3 is 6.09 Å². The Bertz CT molecular complexity index is 600. The summed E-state index contributed by atoms with van der Waals surface area (Å²) >= 11 is 0. The zero-order valence-electron chi connectivity index (χ0n) is 10.1. The fourth-order valence-electron chi connectivity index (χ4n) is 1.47. The Kier molecular flexibility index (Phi) is 3.75. The van der Waals surface area contributed by atoms with Gasteiger partial charge in [0.1, 0.15) is 17.4 Å². The number of benzene rings is 2. The number of rotatable bonds is 2. The maximum Gasteiger partial charge on any atom is 0.417 e. The topological polar surface area (TPSA) is 38.3 Å². The minimum Gasteiger partial charge on any atom is -0.410 e. The van der Waals surface area contributed by atoms with E-state index in [4.69, 9.17) is 4.74 Å². The van der Waals surface area contributed by atoms with Gasteiger partial charge in [-0.1, -0.05) is 18.2 Å². The SMILES string of the molecule is Cc1cc(F)c(NC(=O)Oc2ccccc2)cc1F. The van der Waals surface area contributed by atoms with E-state index in [0.717, 1.165) is 12.1 Å². The van der Waals surface area contributed by atoms with E-state index in [1.54, 1.807) is 30.3 Å². The first-order valence-electron chi connectivity index (χ1n) is 5.56. The van der Waals surface area contributed by atoms with E-state index in [9.17, 15) is 13.6 Å². The lowest BCUT2D eigenvalue weighted by molar-refractivity contribution is 0.215. The number of amides is 1. The molecule has 3 nitrogen and oxygen atoms in total. The predicted molar refractivity (Wildman–Crippen MR) is 67.2 cm³/mol. The third-order valence-electron chi connectivity index (χ3n) is 2.44. The van der Waals surface area contributed by atoms with Crippen LogP contribution in [0.1, 0.15) is 5.56 Å². The van der Waals surface area contributed by atoms with Gasteiger partial charge in [0, 0.05) is 6.07 Å². The minimum absolute atomic E-state index is 0.166. The summed E-state index contributed by atoms with van der Waals surface area (Å²) in [6, 6.07) is 10.2. The van der Waals surface area contributed by atoms with Crippen molar-refractivity contribution in [2.45, 2.75) is 6.92 Å². The summed E-state index contributed by atoms with van der Waals surface area (Å²) in [5.41, 5.74) is -0.0940. The van der Waals surface area contributed by atoms with Crippen molar-refractivity contribution in [3.63, 3.8) is 0 Å². The summed E-state index contributed by atoms with van der Waals surface area (Å²) in [4.78, 5) is 11.5. The molecular formula is C14H11F2NO2. The maximum absolute atomic E-state index is 13.5. The largest absolute Gasteiger partial charge is 0.417 e. The van der Waals surface area contributed by atoms with E-state index in [2.05, 4.69) is 5.32 Å². The number of nitrogens with one attached hydrogen (secondary N) is 1. The predicted octanol–water partition coefficient (Wildman–Crippen LogP) is 3.88. The summed E-state index contributed by atoms with van der Waals surface area (Å²) in [5.74, 6) is -1.01. The Morgan fingerprint density at radius 1 is 1.11 bits per heavy atom. The first-order chi connectivity index (χ1) is 9.06. The second-order valence-electron chi connectivity index (χ2n) is 3.91. The Hall–Kier alpha value is -2.43. The molecular weight excluding hydrogens is 252 g/mol. The molecule has 0 aliphatic heterocycles. The molecule has 0 atom stereocenters. The first kappa shape index (κ1) is 13.0. The quantitative estimate of drug-likeness (QED) is 0.892. The molecule has 0 fully saturated rings. The van der Waals surface area contributed by atoms with Crippen LogP contribution in [0.15, 0.2) is 42.5 Å². The number of halogens is 2. The van der Waals surface area contributed by atoms with Gasteiger partial charge in [0.2, 0.25) is 0 Å². The van der Waals surface area contributed by atoms with Gasteiger partial charge in [-0.2, -0.15) is 0 Å². The molecule has 0 aromatic heterocycles. The zero-order valence-corrected chi connectivity index (χ0v) is 10.1. The molecule has 2 rings (SSSR count). The van der Waals surface area contributed by atoms with E-state index in [0.29, 0.717) is 5.75 Å². The average molecular weight is 263 g/mol. The molecule has 0 saturated heterocycles. The van der Waals surface area contributed by atoms with Gasteiger partial charge < -0.3 is 4.74 Å². The third kappa shape index (κ3) is 3.28. The smallest absolute Gasteiger partial charge is 0.410 e. The Morgan fingerprint density at radius 3 is 2.47 bits per heavy atom. The highest BCUT2D eigenvalue weighted by Crippen LogP contribution is 2.19. The minimum atomic E-state index is -0.881. The van der Waals surface area contributed by atoms with Crippen LogP contribution in [0.5, 0.6) is 5.75 Å². The molecule has 2 aromatic carbocycles. The number of hydrogen-bond donors (Lipinski definition) is 1. The number of carbonyl (C=O) groups excluding carboxylic acids is 1. The van der Waals surface area contributed by atoms with Gasteiger partial charge in [0.05, 0.1) is 5.69 Å². The Morgan fingerprint density at radius 2 is 1.79 bits per heavy atom. The fraction of sp³-hybridized carbons (Fsp3) is 0.0714. The lowest BCUT2D eigenvalue weighted by Crippen LogP contribution is -2.17. The van der Waals surface area contributed by atoms with Crippen molar-refractivity contribution in [1.82, 2.24) is 0 Å². The standard InChI is InChI=1S/C14H11F2NO2/c1-9-7-12(16)13(8-11(9)15)17-14(18)19-10-5-3-2-4-6-10/h2-8H,1H3,(H,17,18). The molecule has 1 amide bonds.